The Morgan fingerprint density at radius 1 is 0.766 bits per heavy atom. The van der Waals surface area contributed by atoms with Crippen molar-refractivity contribution < 1.29 is 40.9 Å². The molecule has 0 aliphatic heterocycles. The van der Waals surface area contributed by atoms with Crippen LogP contribution in [0.25, 0.3) is 0 Å². The van der Waals surface area contributed by atoms with Crippen LogP contribution in [0.1, 0.15) is 22.3 Å². The number of nitro benzene ring substituents is 2. The first-order valence-corrected chi connectivity index (χ1v) is 16.1. The van der Waals surface area contributed by atoms with Crippen molar-refractivity contribution in [2.45, 2.75) is 37.5 Å². The average molecular weight is 715 g/mol. The third kappa shape index (κ3) is 7.46. The summed E-state index contributed by atoms with van der Waals surface area (Å²) in [6.07, 6.45) is 0. The van der Waals surface area contributed by atoms with Crippen molar-refractivity contribution in [3.63, 3.8) is 0 Å². The van der Waals surface area contributed by atoms with Gasteiger partial charge in [-0.1, -0.05) is 0 Å². The maximum absolute atomic E-state index is 14.3. The quantitative estimate of drug-likeness (QED) is 0.0506. The van der Waals surface area contributed by atoms with Crippen LogP contribution < -0.4 is 16.0 Å². The fourth-order valence-corrected chi connectivity index (χ4v) is 6.53. The van der Waals surface area contributed by atoms with E-state index in [1.54, 1.807) is 20.8 Å². The van der Waals surface area contributed by atoms with Gasteiger partial charge in [-0.3, -0.25) is 24.8 Å². The highest BCUT2D eigenvalue weighted by Gasteiger charge is 2.28. The Morgan fingerprint density at radius 2 is 1.36 bits per heavy atom. The van der Waals surface area contributed by atoms with E-state index >= 15 is 0 Å². The molecular weight excluding hydrogens is 691 g/mol. The molecule has 1 heterocycles. The lowest BCUT2D eigenvalue weighted by molar-refractivity contribution is -0.395. The zero-order valence-corrected chi connectivity index (χ0v) is 26.8. The second-order valence-electron chi connectivity index (χ2n) is 9.87. The van der Waals surface area contributed by atoms with E-state index in [4.69, 9.17) is 11.6 Å². The van der Waals surface area contributed by atoms with Gasteiger partial charge < -0.3 is 29.6 Å². The molecule has 0 fully saturated rings. The van der Waals surface area contributed by atoms with E-state index in [2.05, 4.69) is 30.9 Å². The summed E-state index contributed by atoms with van der Waals surface area (Å²) in [6.45, 7) is 6.56. The molecule has 7 N–H and O–H groups in total. The van der Waals surface area contributed by atoms with Crippen molar-refractivity contribution in [2.75, 3.05) is 16.0 Å². The van der Waals surface area contributed by atoms with E-state index in [0.717, 1.165) is 12.1 Å². The summed E-state index contributed by atoms with van der Waals surface area (Å²) in [5, 5.41) is 30.0. The largest absolute Gasteiger partial charge is 0.350 e. The normalized spacial score (nSPS) is 12.0. The molecular formula is C25H24ClFN8O10S2. The smallest absolute Gasteiger partial charge is 0.311 e. The lowest BCUT2D eigenvalue weighted by Crippen LogP contribution is -2.11. The van der Waals surface area contributed by atoms with Crippen LogP contribution in [-0.2, 0) is 10.1 Å². The fraction of sp³-hybridized carbons (Fsp3) is 0.160. The molecule has 0 spiro atoms. The predicted molar refractivity (Wildman–Crippen MR) is 170 cm³/mol. The highest BCUT2D eigenvalue weighted by molar-refractivity contribution is 8.19. The second kappa shape index (κ2) is 12.8. The van der Waals surface area contributed by atoms with Crippen molar-refractivity contribution >= 4 is 78.6 Å². The van der Waals surface area contributed by atoms with Gasteiger partial charge in [0.25, 0.3) is 15.8 Å². The third-order valence-corrected chi connectivity index (χ3v) is 9.14. The SMILES string of the molecule is Cc1c(C)c(Nc2nc(Cl)nc(Nc3ccc(Nc4cc(F)c([N+](=O)[O-])cc4[N+](=O)[O-])cc3S(=O)(=O)O)n2)c(C)c(S(O)(O)O)c1C. The van der Waals surface area contributed by atoms with Gasteiger partial charge in [-0.25, -0.2) is 0 Å². The summed E-state index contributed by atoms with van der Waals surface area (Å²) in [7, 11) is -9.14. The molecule has 47 heavy (non-hydrogen) atoms. The minimum absolute atomic E-state index is 0.102. The Kier molecular flexibility index (Phi) is 9.55. The van der Waals surface area contributed by atoms with Crippen LogP contribution in [0.4, 0.5) is 50.4 Å². The zero-order valence-electron chi connectivity index (χ0n) is 24.4. The van der Waals surface area contributed by atoms with Crippen LogP contribution in [0.5, 0.6) is 0 Å². The summed E-state index contributed by atoms with van der Waals surface area (Å²) in [5.41, 5.74) is -0.835. The van der Waals surface area contributed by atoms with Gasteiger partial charge in [-0.2, -0.15) is 27.8 Å². The summed E-state index contributed by atoms with van der Waals surface area (Å²) in [5.74, 6) is -1.93. The summed E-state index contributed by atoms with van der Waals surface area (Å²) >= 11 is 6.09. The molecule has 0 aliphatic rings. The first-order valence-electron chi connectivity index (χ1n) is 12.8. The molecule has 4 rings (SSSR count). The highest BCUT2D eigenvalue weighted by Crippen LogP contribution is 2.51. The van der Waals surface area contributed by atoms with Gasteiger partial charge in [-0.05, 0) is 79.7 Å². The Labute approximate surface area is 271 Å². The van der Waals surface area contributed by atoms with E-state index in [9.17, 15) is 51.2 Å². The average Bonchev–Trinajstić information content (AvgIpc) is 2.93. The van der Waals surface area contributed by atoms with Crippen LogP contribution in [0.3, 0.4) is 0 Å². The van der Waals surface area contributed by atoms with Crippen molar-refractivity contribution in [1.82, 2.24) is 15.0 Å². The van der Waals surface area contributed by atoms with Crippen LogP contribution in [-0.4, -0.2) is 51.4 Å². The number of rotatable bonds is 10. The third-order valence-electron chi connectivity index (χ3n) is 6.92. The molecule has 22 heteroatoms. The monoisotopic (exact) mass is 714 g/mol. The number of anilines is 6. The molecule has 0 atom stereocenters. The summed E-state index contributed by atoms with van der Waals surface area (Å²) < 4.78 is 78.9. The topological polar surface area (TPSA) is 276 Å². The standard InChI is InChI=1S/C25H24ClFN8O10S2/c1-10-11(2)21(13(4)22(12(10)3)47(43,44)45)30-25-32-23(26)31-24(33-25)29-16-6-5-14(7-20(16)46(40,41)42)28-17-8-15(27)18(34(36)37)9-19(17)35(38)39/h5-9,28,43-45H,1-4H3,(H,40,41,42)(H2,29,30,31,32,33). The highest BCUT2D eigenvalue weighted by atomic mass is 35.5. The van der Waals surface area contributed by atoms with Crippen molar-refractivity contribution in [3.8, 4) is 0 Å². The van der Waals surface area contributed by atoms with Gasteiger partial charge in [-0.15, -0.1) is 0 Å². The van der Waals surface area contributed by atoms with Crippen molar-refractivity contribution in [2.24, 2.45) is 0 Å². The van der Waals surface area contributed by atoms with Crippen LogP contribution >= 0.6 is 22.5 Å². The molecule has 250 valence electrons. The number of aromatic nitrogens is 3. The fourth-order valence-electron chi connectivity index (χ4n) is 4.62. The number of hydrogen-bond acceptors (Lipinski definition) is 15. The number of nitrogens with zero attached hydrogens (tertiary/aromatic N) is 5. The van der Waals surface area contributed by atoms with Gasteiger partial charge in [0.15, 0.2) is 0 Å². The molecule has 1 aromatic heterocycles. The number of hydrogen-bond donors (Lipinski definition) is 7. The number of nitro groups is 2. The Balaban J connectivity index is 1.73. The molecule has 18 nitrogen and oxygen atoms in total. The van der Waals surface area contributed by atoms with E-state index < -0.39 is 58.6 Å². The van der Waals surface area contributed by atoms with Crippen molar-refractivity contribution in [3.05, 3.63) is 83.9 Å². The maximum atomic E-state index is 14.3. The van der Waals surface area contributed by atoms with Gasteiger partial charge >= 0.3 is 5.69 Å². The molecule has 0 unspecified atom stereocenters. The summed E-state index contributed by atoms with van der Waals surface area (Å²) in [4.78, 5) is 31.5. The predicted octanol–water partition coefficient (Wildman–Crippen LogP) is 6.77. The first kappa shape index (κ1) is 35.1. The van der Waals surface area contributed by atoms with Crippen LogP contribution in [0.2, 0.25) is 5.28 Å². The van der Waals surface area contributed by atoms with E-state index in [0.29, 0.717) is 34.5 Å². The van der Waals surface area contributed by atoms with E-state index in [1.165, 1.54) is 13.0 Å². The Bertz CT molecular complexity index is 2080. The van der Waals surface area contributed by atoms with Crippen LogP contribution in [0, 0.1) is 53.7 Å². The molecule has 4 aromatic rings. The van der Waals surface area contributed by atoms with Crippen LogP contribution in [0.15, 0.2) is 40.1 Å². The molecule has 0 aliphatic carbocycles. The number of nitrogens with one attached hydrogen (secondary N) is 3. The van der Waals surface area contributed by atoms with E-state index in [1.807, 2.05) is 0 Å². The molecule has 0 amide bonds. The Morgan fingerprint density at radius 3 is 1.91 bits per heavy atom. The zero-order chi connectivity index (χ0) is 35.2. The molecule has 0 bridgehead atoms. The first-order chi connectivity index (χ1) is 21.7. The minimum atomic E-state index is -5.02. The Hall–Kier alpha value is -4.77. The second-order valence-corrected chi connectivity index (χ2v) is 13.0. The lowest BCUT2D eigenvalue weighted by Gasteiger charge is -2.28. The molecule has 0 saturated heterocycles. The molecule has 3 aromatic carbocycles. The van der Waals surface area contributed by atoms with Gasteiger partial charge in [0.05, 0.1) is 26.5 Å². The maximum Gasteiger partial charge on any atom is 0.311 e. The number of benzene rings is 3. The molecule has 0 radical (unpaired) electrons. The van der Waals surface area contributed by atoms with E-state index in [-0.39, 0.29) is 39.0 Å². The van der Waals surface area contributed by atoms with Gasteiger partial charge in [0.1, 0.15) is 21.5 Å². The summed E-state index contributed by atoms with van der Waals surface area (Å²) in [6, 6.07) is 3.99. The van der Waals surface area contributed by atoms with Gasteiger partial charge in [0, 0.05) is 17.4 Å². The minimum Gasteiger partial charge on any atom is -0.350 e. The van der Waals surface area contributed by atoms with Crippen molar-refractivity contribution in [1.29, 1.82) is 0 Å². The number of halogens is 2. The lowest BCUT2D eigenvalue weighted by atomic mass is 9.98. The van der Waals surface area contributed by atoms with Gasteiger partial charge in [0.2, 0.25) is 23.0 Å². The molecule has 0 saturated carbocycles.